The van der Waals surface area contributed by atoms with E-state index in [1.165, 1.54) is 0 Å². The van der Waals surface area contributed by atoms with Crippen molar-refractivity contribution >= 4 is 18.3 Å². The van der Waals surface area contributed by atoms with E-state index in [0.717, 1.165) is 5.56 Å². The summed E-state index contributed by atoms with van der Waals surface area (Å²) in [6.45, 7) is 4.14. The van der Waals surface area contributed by atoms with Crippen LogP contribution >= 0.6 is 12.4 Å². The van der Waals surface area contributed by atoms with Crippen LogP contribution in [0.25, 0.3) is 0 Å². The number of halogens is 1. The van der Waals surface area contributed by atoms with Gasteiger partial charge in [0.15, 0.2) is 0 Å². The van der Waals surface area contributed by atoms with Gasteiger partial charge in [0.25, 0.3) is 0 Å². The quantitative estimate of drug-likeness (QED) is 0.835. The van der Waals surface area contributed by atoms with Crippen molar-refractivity contribution in [1.82, 2.24) is 5.32 Å². The Kier molecular flexibility index (Phi) is 7.39. The molecule has 1 rings (SSSR count). The van der Waals surface area contributed by atoms with Gasteiger partial charge in [-0.05, 0) is 26.0 Å². The summed E-state index contributed by atoms with van der Waals surface area (Å²) in [6.07, 6.45) is 0.198. The van der Waals surface area contributed by atoms with Crippen molar-refractivity contribution < 1.29 is 14.3 Å². The Morgan fingerprint density at radius 1 is 1.25 bits per heavy atom. The van der Waals surface area contributed by atoms with Crippen LogP contribution in [0.4, 0.5) is 0 Å². The van der Waals surface area contributed by atoms with Crippen molar-refractivity contribution in [2.75, 3.05) is 20.8 Å². The molecule has 0 aliphatic carbocycles. The molecule has 0 spiro atoms. The van der Waals surface area contributed by atoms with Gasteiger partial charge < -0.3 is 20.5 Å². The molecular weight excluding hydrogens is 280 g/mol. The number of carbonyl (C=O) groups excluding carboxylic acids is 1. The first-order valence-electron chi connectivity index (χ1n) is 6.13. The zero-order valence-electron chi connectivity index (χ0n) is 12.4. The van der Waals surface area contributed by atoms with Crippen molar-refractivity contribution in [2.24, 2.45) is 5.73 Å². The van der Waals surface area contributed by atoms with Crippen molar-refractivity contribution in [3.63, 3.8) is 0 Å². The maximum Gasteiger partial charge on any atom is 0.224 e. The second kappa shape index (κ2) is 7.97. The van der Waals surface area contributed by atoms with E-state index in [1.54, 1.807) is 26.4 Å². The number of methoxy groups -OCH3 is 2. The normalized spacial score (nSPS) is 10.4. The van der Waals surface area contributed by atoms with E-state index in [0.29, 0.717) is 18.0 Å². The fraction of sp³-hybridized carbons (Fsp3) is 0.500. The number of rotatable bonds is 6. The summed E-state index contributed by atoms with van der Waals surface area (Å²) < 4.78 is 10.5. The summed E-state index contributed by atoms with van der Waals surface area (Å²) in [7, 11) is 3.14. The fourth-order valence-corrected chi connectivity index (χ4v) is 1.65. The average Bonchev–Trinajstić information content (AvgIpc) is 2.35. The van der Waals surface area contributed by atoms with Crippen molar-refractivity contribution in [3.05, 3.63) is 23.8 Å². The molecule has 20 heavy (non-hydrogen) atoms. The summed E-state index contributed by atoms with van der Waals surface area (Å²) in [6, 6.07) is 5.43. The molecular formula is C14H23ClN2O3. The Balaban J connectivity index is 0.00000361. The number of carbonyl (C=O) groups is 1. The van der Waals surface area contributed by atoms with Gasteiger partial charge >= 0.3 is 0 Å². The molecule has 0 radical (unpaired) electrons. The van der Waals surface area contributed by atoms with Crippen LogP contribution in [-0.2, 0) is 11.2 Å². The predicted molar refractivity (Wildman–Crippen MR) is 81.8 cm³/mol. The lowest BCUT2D eigenvalue weighted by Crippen LogP contribution is -2.45. The second-order valence-corrected chi connectivity index (χ2v) is 5.08. The maximum atomic E-state index is 11.9. The molecule has 0 atom stereocenters. The molecule has 114 valence electrons. The molecule has 3 N–H and O–H groups in total. The Hall–Kier alpha value is -1.46. The standard InChI is InChI=1S/C14H22N2O3.ClH/c1-14(2,15)9-16-13(17)8-10-11(18-3)6-5-7-12(10)19-4;/h5-7H,8-9,15H2,1-4H3,(H,16,17);1H. The van der Waals surface area contributed by atoms with Crippen LogP contribution in [0.5, 0.6) is 11.5 Å². The number of hydrogen-bond donors (Lipinski definition) is 2. The largest absolute Gasteiger partial charge is 0.496 e. The molecule has 0 bridgehead atoms. The van der Waals surface area contributed by atoms with Gasteiger partial charge in [-0.2, -0.15) is 0 Å². The lowest BCUT2D eigenvalue weighted by atomic mass is 10.1. The highest BCUT2D eigenvalue weighted by Gasteiger charge is 2.16. The molecule has 1 aromatic carbocycles. The van der Waals surface area contributed by atoms with Crippen LogP contribution in [0.3, 0.4) is 0 Å². The number of nitrogens with one attached hydrogen (secondary N) is 1. The molecule has 6 heteroatoms. The van der Waals surface area contributed by atoms with E-state index >= 15 is 0 Å². The van der Waals surface area contributed by atoms with E-state index in [9.17, 15) is 4.79 Å². The molecule has 0 fully saturated rings. The Bertz CT molecular complexity index is 422. The van der Waals surface area contributed by atoms with Gasteiger partial charge in [-0.15, -0.1) is 12.4 Å². The molecule has 0 aromatic heterocycles. The van der Waals surface area contributed by atoms with Crippen LogP contribution in [-0.4, -0.2) is 32.2 Å². The van der Waals surface area contributed by atoms with E-state index in [-0.39, 0.29) is 24.7 Å². The van der Waals surface area contributed by atoms with E-state index < -0.39 is 5.54 Å². The van der Waals surface area contributed by atoms with E-state index in [4.69, 9.17) is 15.2 Å². The summed E-state index contributed by atoms with van der Waals surface area (Å²) in [5, 5.41) is 2.80. The van der Waals surface area contributed by atoms with Gasteiger partial charge in [0, 0.05) is 17.6 Å². The molecule has 1 amide bonds. The first-order chi connectivity index (χ1) is 8.87. The van der Waals surface area contributed by atoms with E-state index in [1.807, 2.05) is 19.9 Å². The Morgan fingerprint density at radius 2 is 1.75 bits per heavy atom. The van der Waals surface area contributed by atoms with E-state index in [2.05, 4.69) is 5.32 Å². The average molecular weight is 303 g/mol. The molecule has 0 saturated carbocycles. The number of benzene rings is 1. The highest BCUT2D eigenvalue weighted by Crippen LogP contribution is 2.28. The second-order valence-electron chi connectivity index (χ2n) is 5.08. The Labute approximate surface area is 126 Å². The monoisotopic (exact) mass is 302 g/mol. The molecule has 1 aromatic rings. The number of amides is 1. The zero-order chi connectivity index (χ0) is 14.5. The van der Waals surface area contributed by atoms with Crippen LogP contribution in [0, 0.1) is 0 Å². The first kappa shape index (κ1) is 18.5. The minimum Gasteiger partial charge on any atom is -0.496 e. The smallest absolute Gasteiger partial charge is 0.224 e. The number of ether oxygens (including phenoxy) is 2. The molecule has 0 aliphatic rings. The van der Waals surface area contributed by atoms with Gasteiger partial charge in [-0.1, -0.05) is 6.07 Å². The Morgan fingerprint density at radius 3 is 2.15 bits per heavy atom. The minimum absolute atomic E-state index is 0. The summed E-state index contributed by atoms with van der Waals surface area (Å²) in [5.41, 5.74) is 6.13. The van der Waals surface area contributed by atoms with Crippen LogP contribution in [0.15, 0.2) is 18.2 Å². The molecule has 0 heterocycles. The number of nitrogens with two attached hydrogens (primary N) is 1. The van der Waals surface area contributed by atoms with Gasteiger partial charge in [-0.3, -0.25) is 4.79 Å². The highest BCUT2D eigenvalue weighted by atomic mass is 35.5. The zero-order valence-corrected chi connectivity index (χ0v) is 13.2. The fourth-order valence-electron chi connectivity index (χ4n) is 1.65. The van der Waals surface area contributed by atoms with Crippen LogP contribution < -0.4 is 20.5 Å². The summed E-state index contributed by atoms with van der Waals surface area (Å²) in [4.78, 5) is 11.9. The predicted octanol–water partition coefficient (Wildman–Crippen LogP) is 1.52. The molecule has 0 saturated heterocycles. The summed E-state index contributed by atoms with van der Waals surface area (Å²) in [5.74, 6) is 1.17. The third-order valence-electron chi connectivity index (χ3n) is 2.61. The molecule has 5 nitrogen and oxygen atoms in total. The van der Waals surface area contributed by atoms with Crippen LogP contribution in [0.1, 0.15) is 19.4 Å². The maximum absolute atomic E-state index is 11.9. The SMILES string of the molecule is COc1cccc(OC)c1CC(=O)NCC(C)(C)N.Cl. The minimum atomic E-state index is -0.430. The van der Waals surface area contributed by atoms with Gasteiger partial charge in [0.2, 0.25) is 5.91 Å². The summed E-state index contributed by atoms with van der Waals surface area (Å²) >= 11 is 0. The first-order valence-corrected chi connectivity index (χ1v) is 6.13. The van der Waals surface area contributed by atoms with Gasteiger partial charge in [0.05, 0.1) is 20.6 Å². The number of hydrogen-bond acceptors (Lipinski definition) is 4. The van der Waals surface area contributed by atoms with Crippen molar-refractivity contribution in [3.8, 4) is 11.5 Å². The highest BCUT2D eigenvalue weighted by molar-refractivity contribution is 5.85. The van der Waals surface area contributed by atoms with Crippen molar-refractivity contribution in [2.45, 2.75) is 25.8 Å². The lowest BCUT2D eigenvalue weighted by molar-refractivity contribution is -0.120. The van der Waals surface area contributed by atoms with Crippen LogP contribution in [0.2, 0.25) is 0 Å². The third-order valence-corrected chi connectivity index (χ3v) is 2.61. The lowest BCUT2D eigenvalue weighted by Gasteiger charge is -2.19. The topological polar surface area (TPSA) is 73.6 Å². The van der Waals surface area contributed by atoms with Gasteiger partial charge in [0.1, 0.15) is 11.5 Å². The van der Waals surface area contributed by atoms with Gasteiger partial charge in [-0.25, -0.2) is 0 Å². The third kappa shape index (κ3) is 5.67. The molecule has 0 aliphatic heterocycles. The van der Waals surface area contributed by atoms with Crippen molar-refractivity contribution in [1.29, 1.82) is 0 Å². The molecule has 0 unspecified atom stereocenters.